The zero-order valence-corrected chi connectivity index (χ0v) is 28.4. The first kappa shape index (κ1) is 30.0. The van der Waals surface area contributed by atoms with Crippen molar-refractivity contribution in [3.63, 3.8) is 0 Å². The van der Waals surface area contributed by atoms with Crippen LogP contribution >= 0.6 is 0 Å². The van der Waals surface area contributed by atoms with E-state index >= 15 is 0 Å². The maximum absolute atomic E-state index is 5.24. The monoisotopic (exact) mass is 660 g/mol. The van der Waals surface area contributed by atoms with Crippen molar-refractivity contribution in [1.82, 2.24) is 9.97 Å². The summed E-state index contributed by atoms with van der Waals surface area (Å²) in [7, 11) is 0. The molecule has 0 N–H and O–H groups in total. The van der Waals surface area contributed by atoms with Crippen LogP contribution in [-0.2, 0) is 0 Å². The van der Waals surface area contributed by atoms with Crippen LogP contribution in [0, 0.1) is 0 Å². The normalized spacial score (nSPS) is 11.5. The lowest BCUT2D eigenvalue weighted by Gasteiger charge is -2.15. The Morgan fingerprint density at radius 3 is 1.62 bits per heavy atom. The highest BCUT2D eigenvalue weighted by Crippen LogP contribution is 2.40. The average Bonchev–Trinajstić information content (AvgIpc) is 3.23. The molecule has 242 valence electrons. The number of hydrogen-bond acceptors (Lipinski definition) is 2. The molecular weight excluding hydrogens is 629 g/mol. The smallest absolute Gasteiger partial charge is 0.160 e. The molecule has 1 heterocycles. The van der Waals surface area contributed by atoms with Crippen molar-refractivity contribution in [2.75, 3.05) is 0 Å². The van der Waals surface area contributed by atoms with Gasteiger partial charge in [0.05, 0.1) is 11.4 Å². The Bertz CT molecular complexity index is 2920. The van der Waals surface area contributed by atoms with Gasteiger partial charge in [0.2, 0.25) is 0 Å². The van der Waals surface area contributed by atoms with Crippen LogP contribution in [0.2, 0.25) is 0 Å². The van der Waals surface area contributed by atoms with Crippen molar-refractivity contribution in [1.29, 1.82) is 0 Å². The summed E-state index contributed by atoms with van der Waals surface area (Å²) in [5.41, 5.74) is 9.70. The third kappa shape index (κ3) is 5.21. The highest BCUT2D eigenvalue weighted by atomic mass is 14.9. The second-order valence-electron chi connectivity index (χ2n) is 13.4. The highest BCUT2D eigenvalue weighted by molar-refractivity contribution is 6.20. The molecule has 0 saturated carbocycles. The van der Waals surface area contributed by atoms with Crippen LogP contribution < -0.4 is 0 Å². The highest BCUT2D eigenvalue weighted by Gasteiger charge is 2.15. The van der Waals surface area contributed by atoms with Crippen LogP contribution in [-0.4, -0.2) is 9.97 Å². The maximum Gasteiger partial charge on any atom is 0.160 e. The van der Waals surface area contributed by atoms with Gasteiger partial charge in [-0.2, -0.15) is 0 Å². The fourth-order valence-electron chi connectivity index (χ4n) is 7.69. The molecule has 0 aliphatic rings. The Morgan fingerprint density at radius 2 is 0.827 bits per heavy atom. The lowest BCUT2D eigenvalue weighted by molar-refractivity contribution is 1.18. The Balaban J connectivity index is 1.13. The summed E-state index contributed by atoms with van der Waals surface area (Å²) in [5, 5.41) is 9.88. The molecule has 2 heteroatoms. The van der Waals surface area contributed by atoms with Crippen LogP contribution in [0.25, 0.3) is 99.2 Å². The molecule has 0 unspecified atom stereocenters. The van der Waals surface area contributed by atoms with Gasteiger partial charge in [-0.1, -0.05) is 182 Å². The van der Waals surface area contributed by atoms with Gasteiger partial charge in [0, 0.05) is 16.7 Å². The van der Waals surface area contributed by atoms with E-state index in [4.69, 9.17) is 9.97 Å². The predicted molar refractivity (Wildman–Crippen MR) is 219 cm³/mol. The number of fused-ring (bicyclic) bond motifs is 5. The fraction of sp³-hybridized carbons (Fsp3) is 0. The summed E-state index contributed by atoms with van der Waals surface area (Å²) in [6.07, 6.45) is 0. The largest absolute Gasteiger partial charge is 0.228 e. The quantitative estimate of drug-likeness (QED) is 0.136. The van der Waals surface area contributed by atoms with Crippen LogP contribution in [0.4, 0.5) is 0 Å². The minimum Gasteiger partial charge on any atom is -0.228 e. The summed E-state index contributed by atoms with van der Waals surface area (Å²) in [4.78, 5) is 10.4. The maximum atomic E-state index is 5.24. The molecule has 9 aromatic carbocycles. The SMILES string of the molecule is c1ccc(-c2ccc(-c3cc(-c4cccc5ccccc45)nc(-c4ccc(-c5c6ccccc6cc6c5ccc5ccccc56)cc4)n3)cc2)cc1. The van der Waals surface area contributed by atoms with Gasteiger partial charge >= 0.3 is 0 Å². The first-order valence-corrected chi connectivity index (χ1v) is 17.7. The molecule has 10 aromatic rings. The molecule has 52 heavy (non-hydrogen) atoms. The zero-order valence-electron chi connectivity index (χ0n) is 28.4. The molecule has 0 saturated heterocycles. The van der Waals surface area contributed by atoms with Crippen molar-refractivity contribution >= 4 is 43.1 Å². The van der Waals surface area contributed by atoms with E-state index in [0.717, 1.165) is 28.1 Å². The summed E-state index contributed by atoms with van der Waals surface area (Å²) >= 11 is 0. The predicted octanol–water partition coefficient (Wildman–Crippen LogP) is 13.4. The summed E-state index contributed by atoms with van der Waals surface area (Å²) in [5.74, 6) is 0.702. The van der Waals surface area contributed by atoms with Gasteiger partial charge in [0.15, 0.2) is 5.82 Å². The molecule has 0 radical (unpaired) electrons. The van der Waals surface area contributed by atoms with Gasteiger partial charge < -0.3 is 0 Å². The second-order valence-corrected chi connectivity index (χ2v) is 13.4. The van der Waals surface area contributed by atoms with E-state index in [0.29, 0.717) is 5.82 Å². The van der Waals surface area contributed by atoms with E-state index < -0.39 is 0 Å². The number of nitrogens with zero attached hydrogens (tertiary/aromatic N) is 2. The number of benzene rings is 9. The molecule has 0 atom stereocenters. The molecule has 0 fully saturated rings. The summed E-state index contributed by atoms with van der Waals surface area (Å²) in [6.45, 7) is 0. The third-order valence-corrected chi connectivity index (χ3v) is 10.3. The van der Waals surface area contributed by atoms with Crippen LogP contribution in [0.3, 0.4) is 0 Å². The topological polar surface area (TPSA) is 25.8 Å². The van der Waals surface area contributed by atoms with Gasteiger partial charge in [0.1, 0.15) is 0 Å². The van der Waals surface area contributed by atoms with Crippen molar-refractivity contribution < 1.29 is 0 Å². The van der Waals surface area contributed by atoms with Crippen molar-refractivity contribution in [3.8, 4) is 56.2 Å². The molecule has 0 aliphatic carbocycles. The lowest BCUT2D eigenvalue weighted by Crippen LogP contribution is -1.96. The molecule has 2 nitrogen and oxygen atoms in total. The van der Waals surface area contributed by atoms with E-state index in [1.54, 1.807) is 0 Å². The van der Waals surface area contributed by atoms with Gasteiger partial charge in [-0.25, -0.2) is 9.97 Å². The molecule has 1 aromatic heterocycles. The van der Waals surface area contributed by atoms with Gasteiger partial charge in [-0.05, 0) is 77.5 Å². The Kier molecular flexibility index (Phi) is 7.18. The molecule has 0 spiro atoms. The summed E-state index contributed by atoms with van der Waals surface area (Å²) in [6, 6.07) is 69.3. The molecule has 0 aliphatic heterocycles. The van der Waals surface area contributed by atoms with Gasteiger partial charge in [-0.15, -0.1) is 0 Å². The Morgan fingerprint density at radius 1 is 0.269 bits per heavy atom. The standard InChI is InChI=1S/C50H32N2/c1-2-11-33(12-3-1)34-21-23-37(24-22-34)47-32-48(44-20-10-16-35-13-4-7-17-41(35)44)52-50(51-47)39-27-25-38(26-28-39)49-43-19-9-6-15-40(43)31-46-42-18-8-5-14-36(42)29-30-45(46)49/h1-32H. The van der Waals surface area contributed by atoms with Crippen LogP contribution in [0.1, 0.15) is 0 Å². The van der Waals surface area contributed by atoms with Crippen LogP contribution in [0.5, 0.6) is 0 Å². The van der Waals surface area contributed by atoms with Crippen LogP contribution in [0.15, 0.2) is 194 Å². The number of rotatable bonds is 5. The van der Waals surface area contributed by atoms with Gasteiger partial charge in [0.25, 0.3) is 0 Å². The first-order valence-electron chi connectivity index (χ1n) is 17.7. The van der Waals surface area contributed by atoms with E-state index in [-0.39, 0.29) is 0 Å². The zero-order chi connectivity index (χ0) is 34.4. The number of hydrogen-bond donors (Lipinski definition) is 0. The van der Waals surface area contributed by atoms with Crippen molar-refractivity contribution in [3.05, 3.63) is 194 Å². The first-order chi connectivity index (χ1) is 25.8. The third-order valence-electron chi connectivity index (χ3n) is 10.3. The molecule has 0 bridgehead atoms. The van der Waals surface area contributed by atoms with Crippen molar-refractivity contribution in [2.24, 2.45) is 0 Å². The Labute approximate surface area is 302 Å². The van der Waals surface area contributed by atoms with E-state index in [1.807, 2.05) is 6.07 Å². The number of aromatic nitrogens is 2. The molecule has 10 rings (SSSR count). The average molecular weight is 661 g/mol. The molecular formula is C50H32N2. The van der Waals surface area contributed by atoms with Crippen molar-refractivity contribution in [2.45, 2.75) is 0 Å². The fourth-order valence-corrected chi connectivity index (χ4v) is 7.69. The van der Waals surface area contributed by atoms with Gasteiger partial charge in [-0.3, -0.25) is 0 Å². The Hall–Kier alpha value is -6.90. The van der Waals surface area contributed by atoms with E-state index in [9.17, 15) is 0 Å². The second kappa shape index (κ2) is 12.5. The minimum absolute atomic E-state index is 0.702. The summed E-state index contributed by atoms with van der Waals surface area (Å²) < 4.78 is 0. The lowest BCUT2D eigenvalue weighted by atomic mass is 9.89. The molecule has 0 amide bonds. The van der Waals surface area contributed by atoms with E-state index in [1.165, 1.54) is 65.3 Å². The van der Waals surface area contributed by atoms with E-state index in [2.05, 4.69) is 188 Å². The minimum atomic E-state index is 0.702.